The molecule has 38 heavy (non-hydrogen) atoms. The number of rotatable bonds is 4. The number of imidazole rings is 1. The Hall–Kier alpha value is -3.23. The minimum atomic E-state index is -5.11. The first-order chi connectivity index (χ1) is 17.5. The molecule has 0 bridgehead atoms. The number of carbonyl (C=O) groups excluding carboxylic acids is 1. The van der Waals surface area contributed by atoms with Gasteiger partial charge >= 0.3 is 12.4 Å². The fourth-order valence-electron chi connectivity index (χ4n) is 4.53. The van der Waals surface area contributed by atoms with Crippen LogP contribution in [0.1, 0.15) is 47.4 Å². The lowest BCUT2D eigenvalue weighted by Crippen LogP contribution is -2.46. The van der Waals surface area contributed by atoms with Crippen LogP contribution in [0.15, 0.2) is 47.5 Å². The fraction of sp³-hybridized carbons (Fsp3) is 0.391. The van der Waals surface area contributed by atoms with Crippen LogP contribution in [0.25, 0.3) is 5.65 Å². The molecule has 0 saturated heterocycles. The highest BCUT2D eigenvalue weighted by Gasteiger charge is 2.50. The molecule has 0 unspecified atom stereocenters. The van der Waals surface area contributed by atoms with Gasteiger partial charge in [0, 0.05) is 19.3 Å². The summed E-state index contributed by atoms with van der Waals surface area (Å²) in [5, 5.41) is -3.08. The van der Waals surface area contributed by atoms with E-state index in [-0.39, 0.29) is 36.7 Å². The molecule has 6 nitrogen and oxygen atoms in total. The van der Waals surface area contributed by atoms with Crippen molar-refractivity contribution in [2.45, 2.75) is 54.0 Å². The Bertz CT molecular complexity index is 1490. The first kappa shape index (κ1) is 27.8. The van der Waals surface area contributed by atoms with E-state index >= 15 is 4.39 Å². The average Bonchev–Trinajstić information content (AvgIpc) is 3.23. The molecule has 1 aromatic carbocycles. The third-order valence-corrected chi connectivity index (χ3v) is 8.79. The van der Waals surface area contributed by atoms with Crippen LogP contribution in [-0.4, -0.2) is 46.7 Å². The summed E-state index contributed by atoms with van der Waals surface area (Å²) < 4.78 is 136. The summed E-state index contributed by atoms with van der Waals surface area (Å²) in [6.45, 7) is 0. The molecule has 0 spiro atoms. The van der Waals surface area contributed by atoms with Crippen molar-refractivity contribution in [3.05, 3.63) is 65.4 Å². The van der Waals surface area contributed by atoms with Gasteiger partial charge in [-0.15, -0.1) is 0 Å². The van der Waals surface area contributed by atoms with Gasteiger partial charge in [0.1, 0.15) is 11.5 Å². The van der Waals surface area contributed by atoms with Crippen LogP contribution in [0.5, 0.6) is 0 Å². The molecule has 2 aromatic heterocycles. The molecule has 3 aromatic rings. The van der Waals surface area contributed by atoms with E-state index in [0.717, 1.165) is 11.1 Å². The van der Waals surface area contributed by atoms with E-state index in [4.69, 9.17) is 0 Å². The van der Waals surface area contributed by atoms with Gasteiger partial charge < -0.3 is 4.90 Å². The second kappa shape index (κ2) is 9.20. The van der Waals surface area contributed by atoms with Crippen molar-refractivity contribution in [2.24, 2.45) is 0 Å². The van der Waals surface area contributed by atoms with E-state index in [0.29, 0.717) is 4.40 Å². The molecule has 1 amide bonds. The SMILES string of the molecule is CN(C(=O)c1nc2ccccn2c1C(F)(F)F)C1CCC(F)(S(=O)(=O)c2cc(F)cc(C(F)(F)F)c2)CC1. The fourth-order valence-corrected chi connectivity index (χ4v) is 6.28. The second-order valence-corrected chi connectivity index (χ2v) is 11.2. The van der Waals surface area contributed by atoms with Crippen LogP contribution < -0.4 is 0 Å². The molecular formula is C23H19F8N3O3S. The Kier molecular flexibility index (Phi) is 6.73. The number of carbonyl (C=O) groups is 1. The summed E-state index contributed by atoms with van der Waals surface area (Å²) in [5.74, 6) is -2.64. The van der Waals surface area contributed by atoms with Crippen LogP contribution >= 0.6 is 0 Å². The number of alkyl halides is 7. The summed E-state index contributed by atoms with van der Waals surface area (Å²) in [6.07, 6.45) is -11.2. The van der Waals surface area contributed by atoms with Crippen LogP contribution in [0.2, 0.25) is 0 Å². The van der Waals surface area contributed by atoms with Gasteiger partial charge in [0.15, 0.2) is 11.4 Å². The summed E-state index contributed by atoms with van der Waals surface area (Å²) in [5.41, 5.74) is -3.95. The molecule has 206 valence electrons. The molecule has 15 heteroatoms. The Labute approximate surface area is 210 Å². The number of hydrogen-bond acceptors (Lipinski definition) is 4. The number of nitrogens with zero attached hydrogens (tertiary/aromatic N) is 3. The highest BCUT2D eigenvalue weighted by Crippen LogP contribution is 2.43. The monoisotopic (exact) mass is 569 g/mol. The summed E-state index contributed by atoms with van der Waals surface area (Å²) in [7, 11) is -3.94. The molecular weight excluding hydrogens is 550 g/mol. The minimum absolute atomic E-state index is 0.0793. The molecule has 1 fully saturated rings. The Balaban J connectivity index is 1.58. The predicted molar refractivity (Wildman–Crippen MR) is 117 cm³/mol. The van der Waals surface area contributed by atoms with Crippen molar-refractivity contribution in [3.63, 3.8) is 0 Å². The molecule has 0 radical (unpaired) electrons. The molecule has 0 N–H and O–H groups in total. The van der Waals surface area contributed by atoms with E-state index in [1.807, 2.05) is 0 Å². The van der Waals surface area contributed by atoms with E-state index in [1.165, 1.54) is 25.2 Å². The van der Waals surface area contributed by atoms with Gasteiger partial charge in [0.25, 0.3) is 5.91 Å². The molecule has 0 atom stereocenters. The Morgan fingerprint density at radius 2 is 1.68 bits per heavy atom. The van der Waals surface area contributed by atoms with Crippen molar-refractivity contribution < 1.29 is 48.3 Å². The Morgan fingerprint density at radius 3 is 2.26 bits per heavy atom. The second-order valence-electron chi connectivity index (χ2n) is 8.94. The van der Waals surface area contributed by atoms with Gasteiger partial charge in [0.2, 0.25) is 14.8 Å². The zero-order valence-corrected chi connectivity index (χ0v) is 20.3. The largest absolute Gasteiger partial charge is 0.434 e. The van der Waals surface area contributed by atoms with Gasteiger partial charge in [-0.3, -0.25) is 9.20 Å². The molecule has 1 saturated carbocycles. The maximum absolute atomic E-state index is 15.7. The maximum atomic E-state index is 15.7. The number of aromatic nitrogens is 2. The molecule has 2 heterocycles. The number of halogens is 8. The van der Waals surface area contributed by atoms with E-state index in [9.17, 15) is 43.9 Å². The number of fused-ring (bicyclic) bond motifs is 1. The highest BCUT2D eigenvalue weighted by molar-refractivity contribution is 7.92. The normalized spacial score (nSPS) is 21.0. The van der Waals surface area contributed by atoms with E-state index in [1.54, 1.807) is 0 Å². The zero-order chi connectivity index (χ0) is 28.3. The predicted octanol–water partition coefficient (Wildman–Crippen LogP) is 5.67. The molecule has 0 aliphatic heterocycles. The third kappa shape index (κ3) is 4.83. The van der Waals surface area contributed by atoms with Gasteiger partial charge in [0.05, 0.1) is 10.5 Å². The minimum Gasteiger partial charge on any atom is -0.337 e. The van der Waals surface area contributed by atoms with Crippen LogP contribution in [0.4, 0.5) is 35.1 Å². The number of hydrogen-bond donors (Lipinski definition) is 0. The average molecular weight is 569 g/mol. The van der Waals surface area contributed by atoms with Crippen molar-refractivity contribution >= 4 is 21.4 Å². The standard InChI is InChI=1S/C23H19F8N3O3S/c1-33(20(35)18-19(23(29,30)31)34-9-3-2-4-17(34)32-18)15-5-7-21(25,8-6-15)38(36,37)16-11-13(22(26,27)28)10-14(24)12-16/h2-4,9-12,15H,5-8H2,1H3. The van der Waals surface area contributed by atoms with E-state index in [2.05, 4.69) is 4.98 Å². The van der Waals surface area contributed by atoms with E-state index < -0.39 is 79.6 Å². The lowest BCUT2D eigenvalue weighted by atomic mass is 9.92. The van der Waals surface area contributed by atoms with Gasteiger partial charge in [-0.1, -0.05) is 6.07 Å². The topological polar surface area (TPSA) is 71.8 Å². The molecule has 1 aliphatic carbocycles. The first-order valence-electron chi connectivity index (χ1n) is 11.1. The zero-order valence-electron chi connectivity index (χ0n) is 19.4. The number of sulfone groups is 1. The molecule has 1 aliphatic rings. The van der Waals surface area contributed by atoms with Crippen molar-refractivity contribution in [1.82, 2.24) is 14.3 Å². The lowest BCUT2D eigenvalue weighted by molar-refractivity contribution is -0.142. The van der Waals surface area contributed by atoms with Crippen molar-refractivity contribution in [1.29, 1.82) is 0 Å². The van der Waals surface area contributed by atoms with Crippen LogP contribution in [0.3, 0.4) is 0 Å². The molecule has 4 rings (SSSR count). The third-order valence-electron chi connectivity index (χ3n) is 6.56. The number of amides is 1. The van der Waals surface area contributed by atoms with Crippen LogP contribution in [-0.2, 0) is 22.2 Å². The van der Waals surface area contributed by atoms with Crippen LogP contribution in [0, 0.1) is 5.82 Å². The van der Waals surface area contributed by atoms with Crippen molar-refractivity contribution in [3.8, 4) is 0 Å². The summed E-state index contributed by atoms with van der Waals surface area (Å²) in [6, 6.07) is 3.63. The Morgan fingerprint density at radius 1 is 1.05 bits per heavy atom. The van der Waals surface area contributed by atoms with Gasteiger partial charge in [-0.2, -0.15) is 26.3 Å². The van der Waals surface area contributed by atoms with Crippen molar-refractivity contribution in [2.75, 3.05) is 7.05 Å². The highest BCUT2D eigenvalue weighted by atomic mass is 32.2. The summed E-state index contributed by atoms with van der Waals surface area (Å²) >= 11 is 0. The quantitative estimate of drug-likeness (QED) is 0.380. The smallest absolute Gasteiger partial charge is 0.337 e. The van der Waals surface area contributed by atoms with Gasteiger partial charge in [-0.05, 0) is 56.0 Å². The number of pyridine rings is 1. The first-order valence-corrected chi connectivity index (χ1v) is 12.6. The summed E-state index contributed by atoms with van der Waals surface area (Å²) in [4.78, 5) is 16.5. The van der Waals surface area contributed by atoms with Gasteiger partial charge in [-0.25, -0.2) is 22.2 Å². The number of benzene rings is 1. The lowest BCUT2D eigenvalue weighted by Gasteiger charge is -2.37. The maximum Gasteiger partial charge on any atom is 0.434 e.